The number of rotatable bonds is 6. The van der Waals surface area contributed by atoms with Crippen LogP contribution in [-0.2, 0) is 10.0 Å². The van der Waals surface area contributed by atoms with E-state index in [0.29, 0.717) is 11.7 Å². The molecule has 162 valence electrons. The van der Waals surface area contributed by atoms with E-state index in [0.717, 1.165) is 37.3 Å². The van der Waals surface area contributed by atoms with Gasteiger partial charge in [-0.2, -0.15) is 0 Å². The molecule has 9 heteroatoms. The van der Waals surface area contributed by atoms with Gasteiger partial charge in [0.15, 0.2) is 0 Å². The highest BCUT2D eigenvalue weighted by molar-refractivity contribution is 7.94. The number of nitrogens with one attached hydrogen (secondary N) is 1. The predicted molar refractivity (Wildman–Crippen MR) is 119 cm³/mol. The Labute approximate surface area is 181 Å². The molecule has 0 atom stereocenters. The van der Waals surface area contributed by atoms with Crippen molar-refractivity contribution in [1.82, 2.24) is 4.90 Å². The predicted octanol–water partition coefficient (Wildman–Crippen LogP) is 3.70. The van der Waals surface area contributed by atoms with Gasteiger partial charge in [-0.15, -0.1) is 11.3 Å². The van der Waals surface area contributed by atoms with Crippen LogP contribution >= 0.6 is 11.3 Å². The first kappa shape index (κ1) is 21.1. The second kappa shape index (κ2) is 8.95. The monoisotopic (exact) mass is 449 g/mol. The van der Waals surface area contributed by atoms with Crippen LogP contribution in [0.2, 0.25) is 0 Å². The Morgan fingerprint density at radius 3 is 2.43 bits per heavy atom. The average molecular weight is 450 g/mol. The molecule has 0 aliphatic carbocycles. The number of likely N-dealkylation sites (tertiary alicyclic amines) is 1. The number of thiophene rings is 1. The lowest BCUT2D eigenvalue weighted by atomic mass is 9.98. The lowest BCUT2D eigenvalue weighted by Crippen LogP contribution is -2.47. The van der Waals surface area contributed by atoms with E-state index in [1.54, 1.807) is 23.6 Å². The molecule has 2 aromatic rings. The Morgan fingerprint density at radius 2 is 1.80 bits per heavy atom. The van der Waals surface area contributed by atoms with Crippen LogP contribution in [-0.4, -0.2) is 56.6 Å². The zero-order valence-electron chi connectivity index (χ0n) is 16.8. The van der Waals surface area contributed by atoms with Crippen molar-refractivity contribution in [2.45, 2.75) is 42.4 Å². The quantitative estimate of drug-likeness (QED) is 0.699. The smallest absolute Gasteiger partial charge is 0.337 e. The topological polar surface area (TPSA) is 89.9 Å². The van der Waals surface area contributed by atoms with Crippen molar-refractivity contribution in [3.63, 3.8) is 0 Å². The standard InChI is InChI=1S/C21H27N3O4S2/c25-21(26)18-15-16(22-30(27,28)20-5-4-14-29-20)6-7-19(18)24-12-8-17(9-13-24)23-10-2-1-3-11-23/h4-7,14-15,17,22H,1-3,8-13H2,(H,25,26). The van der Waals surface area contributed by atoms with Crippen molar-refractivity contribution in [3.8, 4) is 0 Å². The number of carboxylic acid groups (broad SMARTS) is 1. The molecule has 2 N–H and O–H groups in total. The van der Waals surface area contributed by atoms with Crippen LogP contribution in [0, 0.1) is 0 Å². The number of carbonyl (C=O) groups is 1. The van der Waals surface area contributed by atoms with Gasteiger partial charge in [0, 0.05) is 24.8 Å². The van der Waals surface area contributed by atoms with Crippen molar-refractivity contribution in [1.29, 1.82) is 0 Å². The summed E-state index contributed by atoms with van der Waals surface area (Å²) in [5.74, 6) is -1.06. The van der Waals surface area contributed by atoms with Crippen molar-refractivity contribution < 1.29 is 18.3 Å². The minimum atomic E-state index is -3.71. The van der Waals surface area contributed by atoms with Gasteiger partial charge in [0.25, 0.3) is 10.0 Å². The molecule has 0 unspecified atom stereocenters. The zero-order valence-corrected chi connectivity index (χ0v) is 18.4. The molecule has 0 radical (unpaired) electrons. The largest absolute Gasteiger partial charge is 0.478 e. The van der Waals surface area contributed by atoms with Crippen LogP contribution in [0.15, 0.2) is 39.9 Å². The molecular formula is C21H27N3O4S2. The van der Waals surface area contributed by atoms with E-state index >= 15 is 0 Å². The summed E-state index contributed by atoms with van der Waals surface area (Å²) in [7, 11) is -3.71. The molecule has 7 nitrogen and oxygen atoms in total. The average Bonchev–Trinajstić information content (AvgIpc) is 3.30. The Kier molecular flexibility index (Phi) is 6.31. The van der Waals surface area contributed by atoms with Gasteiger partial charge in [-0.25, -0.2) is 13.2 Å². The molecule has 2 aliphatic rings. The Balaban J connectivity index is 1.48. The number of nitrogens with zero attached hydrogens (tertiary/aromatic N) is 2. The molecule has 0 amide bonds. The summed E-state index contributed by atoms with van der Waals surface area (Å²) in [4.78, 5) is 16.6. The van der Waals surface area contributed by atoms with Crippen LogP contribution in [0.25, 0.3) is 0 Å². The van der Waals surface area contributed by atoms with Gasteiger partial charge in [-0.05, 0) is 68.4 Å². The van der Waals surface area contributed by atoms with E-state index in [-0.39, 0.29) is 15.5 Å². The summed E-state index contributed by atoms with van der Waals surface area (Å²) in [6.45, 7) is 3.96. The van der Waals surface area contributed by atoms with Gasteiger partial charge < -0.3 is 14.9 Å². The number of piperidine rings is 2. The third kappa shape index (κ3) is 4.63. The normalized spacial score (nSPS) is 19.0. The van der Waals surface area contributed by atoms with Gasteiger partial charge in [0.1, 0.15) is 4.21 Å². The van der Waals surface area contributed by atoms with E-state index < -0.39 is 16.0 Å². The molecule has 3 heterocycles. The highest BCUT2D eigenvalue weighted by Gasteiger charge is 2.27. The summed E-state index contributed by atoms with van der Waals surface area (Å²) in [5, 5.41) is 11.4. The van der Waals surface area contributed by atoms with Crippen LogP contribution in [0.3, 0.4) is 0 Å². The molecule has 4 rings (SSSR count). The summed E-state index contributed by atoms with van der Waals surface area (Å²) in [6.07, 6.45) is 5.90. The lowest BCUT2D eigenvalue weighted by molar-refractivity contribution is 0.0697. The zero-order chi connectivity index (χ0) is 21.1. The Hall–Kier alpha value is -2.10. The number of carboxylic acids is 1. The van der Waals surface area contributed by atoms with Crippen LogP contribution in [0.4, 0.5) is 11.4 Å². The third-order valence-electron chi connectivity index (χ3n) is 5.95. The Bertz CT molecular complexity index is 978. The summed E-state index contributed by atoms with van der Waals surface area (Å²) < 4.78 is 27.6. The highest BCUT2D eigenvalue weighted by Crippen LogP contribution is 2.30. The molecule has 0 bridgehead atoms. The molecule has 0 saturated carbocycles. The first-order chi connectivity index (χ1) is 14.4. The fraction of sp³-hybridized carbons (Fsp3) is 0.476. The lowest BCUT2D eigenvalue weighted by Gasteiger charge is -2.41. The number of sulfonamides is 1. The number of hydrogen-bond acceptors (Lipinski definition) is 6. The maximum atomic E-state index is 12.5. The van der Waals surface area contributed by atoms with Crippen molar-refractivity contribution in [2.75, 3.05) is 35.8 Å². The number of benzene rings is 1. The number of aromatic carboxylic acids is 1. The molecular weight excluding hydrogens is 422 g/mol. The summed E-state index contributed by atoms with van der Waals surface area (Å²) in [6, 6.07) is 8.54. The first-order valence-corrected chi connectivity index (χ1v) is 12.7. The van der Waals surface area contributed by atoms with Gasteiger partial charge in [-0.1, -0.05) is 12.5 Å². The van der Waals surface area contributed by atoms with E-state index in [2.05, 4.69) is 14.5 Å². The summed E-state index contributed by atoms with van der Waals surface area (Å²) >= 11 is 1.12. The van der Waals surface area contributed by atoms with Crippen LogP contribution < -0.4 is 9.62 Å². The minimum absolute atomic E-state index is 0.123. The van der Waals surface area contributed by atoms with Crippen LogP contribution in [0.5, 0.6) is 0 Å². The third-order valence-corrected chi connectivity index (χ3v) is 8.73. The molecule has 2 aliphatic heterocycles. The highest BCUT2D eigenvalue weighted by atomic mass is 32.2. The van der Waals surface area contributed by atoms with Gasteiger partial charge in [-0.3, -0.25) is 4.72 Å². The van der Waals surface area contributed by atoms with E-state index in [9.17, 15) is 18.3 Å². The van der Waals surface area contributed by atoms with E-state index in [4.69, 9.17) is 0 Å². The minimum Gasteiger partial charge on any atom is -0.478 e. The molecule has 2 saturated heterocycles. The fourth-order valence-corrected chi connectivity index (χ4v) is 6.47. The fourth-order valence-electron chi connectivity index (χ4n) is 4.42. The van der Waals surface area contributed by atoms with Gasteiger partial charge >= 0.3 is 5.97 Å². The maximum Gasteiger partial charge on any atom is 0.337 e. The van der Waals surface area contributed by atoms with Crippen molar-refractivity contribution in [3.05, 3.63) is 41.3 Å². The number of hydrogen-bond donors (Lipinski definition) is 2. The number of anilines is 2. The van der Waals surface area contributed by atoms with Gasteiger partial charge in [0.2, 0.25) is 0 Å². The van der Waals surface area contributed by atoms with Crippen LogP contribution in [0.1, 0.15) is 42.5 Å². The molecule has 1 aromatic heterocycles. The molecule has 30 heavy (non-hydrogen) atoms. The summed E-state index contributed by atoms with van der Waals surface area (Å²) in [5.41, 5.74) is 1.03. The second-order valence-corrected chi connectivity index (χ2v) is 10.7. The first-order valence-electron chi connectivity index (χ1n) is 10.4. The van der Waals surface area contributed by atoms with Crippen molar-refractivity contribution >= 4 is 38.7 Å². The molecule has 1 aromatic carbocycles. The van der Waals surface area contributed by atoms with E-state index in [1.807, 2.05) is 0 Å². The van der Waals surface area contributed by atoms with E-state index in [1.165, 1.54) is 44.5 Å². The molecule has 2 fully saturated rings. The SMILES string of the molecule is O=C(O)c1cc(NS(=O)(=O)c2cccs2)ccc1N1CCC(N2CCCCC2)CC1. The van der Waals surface area contributed by atoms with Gasteiger partial charge in [0.05, 0.1) is 11.3 Å². The Morgan fingerprint density at radius 1 is 1.07 bits per heavy atom. The molecule has 0 spiro atoms. The maximum absolute atomic E-state index is 12.5. The second-order valence-electron chi connectivity index (χ2n) is 7.89. The van der Waals surface area contributed by atoms with Crippen molar-refractivity contribution in [2.24, 2.45) is 0 Å².